The average molecular weight is 258 g/mol. The van der Waals surface area contributed by atoms with Crippen molar-refractivity contribution in [3.8, 4) is 0 Å². The van der Waals surface area contributed by atoms with Crippen LogP contribution in [0.1, 0.15) is 42.6 Å². The lowest BCUT2D eigenvalue weighted by Gasteiger charge is -2.22. The van der Waals surface area contributed by atoms with Gasteiger partial charge in [-0.25, -0.2) is 0 Å². The van der Waals surface area contributed by atoms with Crippen molar-refractivity contribution in [2.45, 2.75) is 45.2 Å². The van der Waals surface area contributed by atoms with Crippen molar-refractivity contribution in [1.82, 2.24) is 4.90 Å². The zero-order valence-electron chi connectivity index (χ0n) is 11.8. The summed E-state index contributed by atoms with van der Waals surface area (Å²) in [6, 6.07) is 6.62. The normalized spacial score (nSPS) is 24.0. The van der Waals surface area contributed by atoms with Crippen LogP contribution in [0.15, 0.2) is 18.2 Å². The number of Topliss-reactive ketones (excluding diaryl/α,β-unsaturated/α-hetero) is 1. The predicted octanol–water partition coefficient (Wildman–Crippen LogP) is 2.71. The monoisotopic (exact) mass is 258 g/mol. The van der Waals surface area contributed by atoms with Crippen molar-refractivity contribution in [2.75, 3.05) is 18.4 Å². The Morgan fingerprint density at radius 1 is 1.37 bits per heavy atom. The molecule has 1 aromatic rings. The number of rotatable bonds is 3. The molecule has 1 N–H and O–H groups in total. The van der Waals surface area contributed by atoms with Gasteiger partial charge in [-0.15, -0.1) is 0 Å². The first-order chi connectivity index (χ1) is 9.15. The molecule has 0 radical (unpaired) electrons. The van der Waals surface area contributed by atoms with E-state index in [1.165, 1.54) is 24.1 Å². The minimum Gasteiger partial charge on any atom is -0.382 e. The highest BCUT2D eigenvalue weighted by atomic mass is 16.1. The number of nitrogens with one attached hydrogen (secondary N) is 1. The minimum absolute atomic E-state index is 0.0207. The van der Waals surface area contributed by atoms with E-state index in [0.717, 1.165) is 25.1 Å². The van der Waals surface area contributed by atoms with E-state index in [1.807, 2.05) is 13.0 Å². The van der Waals surface area contributed by atoms with Crippen LogP contribution in [0.5, 0.6) is 0 Å². The predicted molar refractivity (Wildman–Crippen MR) is 77.8 cm³/mol. The van der Waals surface area contributed by atoms with Gasteiger partial charge in [0, 0.05) is 17.3 Å². The fraction of sp³-hybridized carbons (Fsp3) is 0.562. The van der Waals surface area contributed by atoms with Gasteiger partial charge in [0.05, 0.1) is 6.04 Å². The second-order valence-corrected chi connectivity index (χ2v) is 5.90. The first kappa shape index (κ1) is 12.7. The molecule has 0 amide bonds. The first-order valence-corrected chi connectivity index (χ1v) is 7.33. The van der Waals surface area contributed by atoms with Crippen molar-refractivity contribution >= 4 is 11.5 Å². The Morgan fingerprint density at radius 3 is 2.84 bits per heavy atom. The summed E-state index contributed by atoms with van der Waals surface area (Å²) in [4.78, 5) is 14.9. The molecule has 0 saturated carbocycles. The van der Waals surface area contributed by atoms with E-state index in [0.29, 0.717) is 6.04 Å². The summed E-state index contributed by atoms with van der Waals surface area (Å²) < 4.78 is 0. The Balaban J connectivity index is 1.78. The molecule has 1 aromatic carbocycles. The van der Waals surface area contributed by atoms with Crippen molar-refractivity contribution < 1.29 is 4.79 Å². The van der Waals surface area contributed by atoms with E-state index in [-0.39, 0.29) is 11.8 Å². The SMILES string of the molecule is CC1Cc2cc(C(=O)C(C)N3CCCC3)ccc2N1. The fourth-order valence-electron chi connectivity index (χ4n) is 3.24. The van der Waals surface area contributed by atoms with Gasteiger partial charge in [-0.3, -0.25) is 9.69 Å². The van der Waals surface area contributed by atoms with Gasteiger partial charge >= 0.3 is 0 Å². The highest BCUT2D eigenvalue weighted by molar-refractivity contribution is 6.00. The van der Waals surface area contributed by atoms with Crippen LogP contribution < -0.4 is 5.32 Å². The maximum Gasteiger partial charge on any atom is 0.179 e. The van der Waals surface area contributed by atoms with E-state index in [4.69, 9.17) is 0 Å². The number of carbonyl (C=O) groups is 1. The maximum atomic E-state index is 12.6. The Morgan fingerprint density at radius 2 is 2.11 bits per heavy atom. The highest BCUT2D eigenvalue weighted by Gasteiger charge is 2.26. The Hall–Kier alpha value is -1.35. The van der Waals surface area contributed by atoms with E-state index < -0.39 is 0 Å². The lowest BCUT2D eigenvalue weighted by Crippen LogP contribution is -2.36. The van der Waals surface area contributed by atoms with Crippen molar-refractivity contribution in [3.05, 3.63) is 29.3 Å². The number of anilines is 1. The quantitative estimate of drug-likeness (QED) is 0.846. The maximum absolute atomic E-state index is 12.6. The van der Waals surface area contributed by atoms with E-state index in [9.17, 15) is 4.79 Å². The van der Waals surface area contributed by atoms with Crippen LogP contribution >= 0.6 is 0 Å². The number of fused-ring (bicyclic) bond motifs is 1. The molecule has 1 fully saturated rings. The lowest BCUT2D eigenvalue weighted by molar-refractivity contribution is 0.0867. The van der Waals surface area contributed by atoms with Crippen LogP contribution in [0.25, 0.3) is 0 Å². The van der Waals surface area contributed by atoms with Gasteiger partial charge in [0.25, 0.3) is 0 Å². The molecule has 0 spiro atoms. The number of benzene rings is 1. The number of hydrogen-bond donors (Lipinski definition) is 1. The summed E-state index contributed by atoms with van der Waals surface area (Å²) in [5.41, 5.74) is 3.35. The molecule has 2 heterocycles. The molecule has 2 aliphatic rings. The fourth-order valence-corrected chi connectivity index (χ4v) is 3.24. The van der Waals surface area contributed by atoms with Gasteiger partial charge < -0.3 is 5.32 Å². The molecule has 2 atom stereocenters. The van der Waals surface area contributed by atoms with Crippen LogP contribution in [0.2, 0.25) is 0 Å². The van der Waals surface area contributed by atoms with Gasteiger partial charge in [-0.1, -0.05) is 0 Å². The molecule has 3 rings (SSSR count). The van der Waals surface area contributed by atoms with E-state index in [2.05, 4.69) is 29.3 Å². The molecule has 102 valence electrons. The van der Waals surface area contributed by atoms with Gasteiger partial charge in [0.1, 0.15) is 0 Å². The standard InChI is InChI=1S/C16H22N2O/c1-11-9-14-10-13(5-6-15(14)17-11)16(19)12(2)18-7-3-4-8-18/h5-6,10-12,17H,3-4,7-9H2,1-2H3. The molecule has 2 unspecified atom stereocenters. The smallest absolute Gasteiger partial charge is 0.179 e. The average Bonchev–Trinajstić information content (AvgIpc) is 3.03. The second kappa shape index (κ2) is 4.97. The van der Waals surface area contributed by atoms with Gasteiger partial charge in [0.2, 0.25) is 0 Å². The number of likely N-dealkylation sites (tertiary alicyclic amines) is 1. The van der Waals surface area contributed by atoms with Crippen LogP contribution in [0, 0.1) is 0 Å². The lowest BCUT2D eigenvalue weighted by atomic mass is 10.0. The van der Waals surface area contributed by atoms with Gasteiger partial charge in [0.15, 0.2) is 5.78 Å². The summed E-state index contributed by atoms with van der Waals surface area (Å²) in [5, 5.41) is 3.43. The number of carbonyl (C=O) groups excluding carboxylic acids is 1. The van der Waals surface area contributed by atoms with E-state index >= 15 is 0 Å². The highest BCUT2D eigenvalue weighted by Crippen LogP contribution is 2.27. The molecule has 0 aliphatic carbocycles. The Bertz CT molecular complexity index is 492. The summed E-state index contributed by atoms with van der Waals surface area (Å²) in [6.07, 6.45) is 3.47. The van der Waals surface area contributed by atoms with Crippen molar-refractivity contribution in [2.24, 2.45) is 0 Å². The molecule has 3 heteroatoms. The van der Waals surface area contributed by atoms with Crippen LogP contribution in [-0.4, -0.2) is 35.9 Å². The zero-order valence-corrected chi connectivity index (χ0v) is 11.8. The van der Waals surface area contributed by atoms with Crippen LogP contribution in [0.3, 0.4) is 0 Å². The van der Waals surface area contributed by atoms with Gasteiger partial charge in [-0.2, -0.15) is 0 Å². The summed E-state index contributed by atoms with van der Waals surface area (Å²) in [5.74, 6) is 0.268. The topological polar surface area (TPSA) is 32.3 Å². The number of nitrogens with zero attached hydrogens (tertiary/aromatic N) is 1. The zero-order chi connectivity index (χ0) is 13.4. The molecular formula is C16H22N2O. The summed E-state index contributed by atoms with van der Waals surface area (Å²) >= 11 is 0. The molecule has 0 bridgehead atoms. The van der Waals surface area contributed by atoms with Crippen LogP contribution in [-0.2, 0) is 6.42 Å². The van der Waals surface area contributed by atoms with Gasteiger partial charge in [-0.05, 0) is 70.0 Å². The number of ketones is 1. The Kier molecular flexibility index (Phi) is 3.31. The van der Waals surface area contributed by atoms with Crippen molar-refractivity contribution in [1.29, 1.82) is 0 Å². The molecule has 2 aliphatic heterocycles. The third kappa shape index (κ3) is 2.39. The molecular weight excluding hydrogens is 236 g/mol. The Labute approximate surface area is 115 Å². The molecule has 19 heavy (non-hydrogen) atoms. The molecule has 3 nitrogen and oxygen atoms in total. The first-order valence-electron chi connectivity index (χ1n) is 7.33. The third-order valence-corrected chi connectivity index (χ3v) is 4.39. The summed E-state index contributed by atoms with van der Waals surface area (Å²) in [7, 11) is 0. The van der Waals surface area contributed by atoms with Crippen molar-refractivity contribution in [3.63, 3.8) is 0 Å². The third-order valence-electron chi connectivity index (χ3n) is 4.39. The summed E-state index contributed by atoms with van der Waals surface area (Å²) in [6.45, 7) is 6.35. The second-order valence-electron chi connectivity index (χ2n) is 5.90. The number of hydrogen-bond acceptors (Lipinski definition) is 3. The minimum atomic E-state index is 0.0207. The molecule has 1 saturated heterocycles. The van der Waals surface area contributed by atoms with E-state index in [1.54, 1.807) is 0 Å². The molecule has 0 aromatic heterocycles. The van der Waals surface area contributed by atoms with Crippen LogP contribution in [0.4, 0.5) is 5.69 Å². The largest absolute Gasteiger partial charge is 0.382 e.